The third kappa shape index (κ3) is 5.77. The van der Waals surface area contributed by atoms with Gasteiger partial charge in [0.05, 0.1) is 6.26 Å². The van der Waals surface area contributed by atoms with Crippen molar-refractivity contribution in [3.63, 3.8) is 0 Å². The lowest BCUT2D eigenvalue weighted by atomic mass is 10.1. The number of nitrogens with zero attached hydrogens (tertiary/aromatic N) is 2. The summed E-state index contributed by atoms with van der Waals surface area (Å²) in [6, 6.07) is 0. The van der Waals surface area contributed by atoms with Gasteiger partial charge in [-0.1, -0.05) is 13.8 Å². The van der Waals surface area contributed by atoms with Crippen LogP contribution in [0.2, 0.25) is 0 Å². The smallest absolute Gasteiger partial charge is 0.351 e. The van der Waals surface area contributed by atoms with Gasteiger partial charge in [-0.05, 0) is 5.92 Å². The molecule has 2 rings (SSSR count). The number of nitrogens with two attached hydrogens (primary N) is 1. The fourth-order valence-electron chi connectivity index (χ4n) is 3.02. The molecule has 1 aromatic rings. The predicted octanol–water partition coefficient (Wildman–Crippen LogP) is -0.314. The number of carbonyl (C=O) groups excluding carboxylic acids is 2. The molecule has 1 aliphatic rings. The highest BCUT2D eigenvalue weighted by molar-refractivity contribution is 7.86. The van der Waals surface area contributed by atoms with Crippen molar-refractivity contribution in [3.05, 3.63) is 22.2 Å². The number of nitrogen functional groups attached to an aromatic ring is 1. The van der Waals surface area contributed by atoms with Crippen molar-refractivity contribution in [1.82, 2.24) is 9.55 Å². The summed E-state index contributed by atoms with van der Waals surface area (Å²) in [6.45, 7) is 5.54. The number of hydrogen-bond donors (Lipinski definition) is 1. The van der Waals surface area contributed by atoms with E-state index in [0.29, 0.717) is 5.56 Å². The van der Waals surface area contributed by atoms with E-state index in [2.05, 4.69) is 4.98 Å². The van der Waals surface area contributed by atoms with Crippen LogP contribution in [0.15, 0.2) is 11.0 Å². The van der Waals surface area contributed by atoms with Crippen LogP contribution in [-0.2, 0) is 38.1 Å². The Labute approximate surface area is 173 Å². The Hall–Kier alpha value is -2.51. The summed E-state index contributed by atoms with van der Waals surface area (Å²) in [4.78, 5) is 39.2. The number of aromatic nitrogens is 2. The normalized spacial score (nSPS) is 24.1. The third-order valence-electron chi connectivity index (χ3n) is 4.23. The topological polar surface area (TPSA) is 166 Å². The van der Waals surface area contributed by atoms with Crippen LogP contribution >= 0.6 is 0 Å². The second-order valence-electron chi connectivity index (χ2n) is 7.13. The largest absolute Gasteiger partial charge is 0.463 e. The number of anilines is 1. The van der Waals surface area contributed by atoms with Crippen molar-refractivity contribution in [2.75, 3.05) is 18.6 Å². The molecule has 168 valence electrons. The van der Waals surface area contributed by atoms with Gasteiger partial charge in [0.2, 0.25) is 0 Å². The highest BCUT2D eigenvalue weighted by Gasteiger charge is 2.51. The van der Waals surface area contributed by atoms with Gasteiger partial charge in [-0.25, -0.2) is 4.79 Å². The number of hydrogen-bond acceptors (Lipinski definition) is 11. The Bertz CT molecular complexity index is 973. The molecule has 1 saturated heterocycles. The molecular weight excluding hydrogens is 422 g/mol. The molecule has 1 aliphatic heterocycles. The number of esters is 2. The lowest BCUT2D eigenvalue weighted by molar-refractivity contribution is -0.155. The van der Waals surface area contributed by atoms with Crippen LogP contribution in [0.25, 0.3) is 0 Å². The quantitative estimate of drug-likeness (QED) is 0.430. The van der Waals surface area contributed by atoms with Gasteiger partial charge in [-0.2, -0.15) is 13.4 Å². The highest BCUT2D eigenvalue weighted by Crippen LogP contribution is 2.35. The summed E-state index contributed by atoms with van der Waals surface area (Å²) in [7, 11) is -4.03. The average molecular weight is 447 g/mol. The minimum atomic E-state index is -4.03. The molecule has 0 aliphatic carbocycles. The van der Waals surface area contributed by atoms with Crippen LogP contribution in [0.4, 0.5) is 5.82 Å². The zero-order valence-corrected chi connectivity index (χ0v) is 18.0. The van der Waals surface area contributed by atoms with Crippen LogP contribution in [-0.4, -0.2) is 61.1 Å². The van der Waals surface area contributed by atoms with Gasteiger partial charge >= 0.3 is 17.6 Å². The summed E-state index contributed by atoms with van der Waals surface area (Å²) < 4.78 is 45.6. The van der Waals surface area contributed by atoms with Crippen molar-refractivity contribution in [2.45, 2.75) is 58.2 Å². The Kier molecular flexibility index (Phi) is 7.21. The second-order valence-corrected chi connectivity index (χ2v) is 8.73. The molecular formula is C17H25N3O9S. The van der Waals surface area contributed by atoms with E-state index in [0.717, 1.165) is 24.7 Å². The third-order valence-corrected chi connectivity index (χ3v) is 4.80. The Balaban J connectivity index is 2.56. The maximum atomic E-state index is 12.5. The maximum Gasteiger partial charge on any atom is 0.351 e. The SMILES string of the molecule is CC(=O)OC[C@H]1O[C@@H](n2cc(C(C)C)c(N)nc2=O)[C@H](OC(C)=O)[C@H]1OS(C)(=O)=O. The average Bonchev–Trinajstić information content (AvgIpc) is 2.88. The van der Waals surface area contributed by atoms with E-state index >= 15 is 0 Å². The molecule has 0 aromatic carbocycles. The summed E-state index contributed by atoms with van der Waals surface area (Å²) in [6.07, 6.45) is -2.95. The van der Waals surface area contributed by atoms with Crippen molar-refractivity contribution >= 4 is 27.9 Å². The Morgan fingerprint density at radius 2 is 1.90 bits per heavy atom. The molecule has 2 heterocycles. The van der Waals surface area contributed by atoms with Crippen LogP contribution < -0.4 is 11.4 Å². The second kappa shape index (κ2) is 9.10. The first-order chi connectivity index (χ1) is 13.8. The number of ether oxygens (including phenoxy) is 3. The highest BCUT2D eigenvalue weighted by atomic mass is 32.2. The predicted molar refractivity (Wildman–Crippen MR) is 103 cm³/mol. The summed E-state index contributed by atoms with van der Waals surface area (Å²) in [5.41, 5.74) is 5.54. The standard InChI is InChI=1S/C17H25N3O9S/c1-8(2)11-6-20(17(23)19-15(11)18)16-14(27-10(4)22)13(29-30(5,24)25)12(28-16)7-26-9(3)21/h6,8,12-14,16H,7H2,1-5H3,(H2,18,19,23)/t12-,13+,14-,16-/m1/s1. The van der Waals surface area contributed by atoms with Gasteiger partial charge in [0.1, 0.15) is 24.6 Å². The van der Waals surface area contributed by atoms with E-state index in [1.807, 2.05) is 13.8 Å². The molecule has 30 heavy (non-hydrogen) atoms. The van der Waals surface area contributed by atoms with E-state index < -0.39 is 58.9 Å². The van der Waals surface area contributed by atoms with Crippen molar-refractivity contribution in [3.8, 4) is 0 Å². The maximum absolute atomic E-state index is 12.5. The first-order valence-corrected chi connectivity index (χ1v) is 10.8. The number of rotatable bonds is 7. The van der Waals surface area contributed by atoms with Gasteiger partial charge in [0.25, 0.3) is 10.1 Å². The van der Waals surface area contributed by atoms with Gasteiger partial charge in [0.15, 0.2) is 12.3 Å². The molecule has 12 nitrogen and oxygen atoms in total. The first kappa shape index (κ1) is 23.8. The zero-order valence-electron chi connectivity index (χ0n) is 17.2. The summed E-state index contributed by atoms with van der Waals surface area (Å²) in [5.74, 6) is -1.46. The molecule has 0 unspecified atom stereocenters. The monoisotopic (exact) mass is 447 g/mol. The fraction of sp³-hybridized carbons (Fsp3) is 0.647. The Morgan fingerprint density at radius 1 is 1.27 bits per heavy atom. The molecule has 1 aromatic heterocycles. The minimum Gasteiger partial charge on any atom is -0.463 e. The van der Waals surface area contributed by atoms with E-state index in [1.54, 1.807) is 0 Å². The molecule has 4 atom stereocenters. The van der Waals surface area contributed by atoms with Crippen molar-refractivity contribution < 1.29 is 36.4 Å². The zero-order chi connectivity index (χ0) is 22.8. The van der Waals surface area contributed by atoms with Crippen LogP contribution in [0.5, 0.6) is 0 Å². The number of carbonyl (C=O) groups is 2. The van der Waals surface area contributed by atoms with E-state index in [4.69, 9.17) is 24.1 Å². The van der Waals surface area contributed by atoms with Gasteiger partial charge in [0, 0.05) is 25.6 Å². The van der Waals surface area contributed by atoms with E-state index in [-0.39, 0.29) is 11.7 Å². The van der Waals surface area contributed by atoms with E-state index in [9.17, 15) is 22.8 Å². The van der Waals surface area contributed by atoms with Gasteiger partial charge in [-0.3, -0.25) is 18.3 Å². The molecule has 1 fully saturated rings. The molecule has 0 saturated carbocycles. The van der Waals surface area contributed by atoms with Crippen molar-refractivity contribution in [2.24, 2.45) is 0 Å². The molecule has 0 bridgehead atoms. The van der Waals surface area contributed by atoms with Crippen LogP contribution in [0.3, 0.4) is 0 Å². The molecule has 2 N–H and O–H groups in total. The molecule has 0 spiro atoms. The molecule has 0 amide bonds. The summed E-state index contributed by atoms with van der Waals surface area (Å²) >= 11 is 0. The molecule has 0 radical (unpaired) electrons. The van der Waals surface area contributed by atoms with Gasteiger partial charge in [-0.15, -0.1) is 0 Å². The fourth-order valence-corrected chi connectivity index (χ4v) is 3.66. The summed E-state index contributed by atoms with van der Waals surface area (Å²) in [5, 5.41) is 0. The van der Waals surface area contributed by atoms with Crippen LogP contribution in [0, 0.1) is 0 Å². The van der Waals surface area contributed by atoms with Gasteiger partial charge < -0.3 is 19.9 Å². The van der Waals surface area contributed by atoms with Crippen molar-refractivity contribution in [1.29, 1.82) is 0 Å². The first-order valence-electron chi connectivity index (χ1n) is 9.03. The lowest BCUT2D eigenvalue weighted by Crippen LogP contribution is -2.42. The van der Waals surface area contributed by atoms with E-state index in [1.165, 1.54) is 6.20 Å². The lowest BCUT2D eigenvalue weighted by Gasteiger charge is -2.24. The van der Waals surface area contributed by atoms with Crippen LogP contribution in [0.1, 0.15) is 45.4 Å². The Morgan fingerprint density at radius 3 is 2.40 bits per heavy atom. The minimum absolute atomic E-state index is 0.0358. The molecule has 13 heteroatoms.